The Morgan fingerprint density at radius 3 is 2.40 bits per heavy atom. The van der Waals surface area contributed by atoms with E-state index in [1.165, 1.54) is 19.3 Å². The molecule has 9 heteroatoms. The third-order valence-electron chi connectivity index (χ3n) is 6.34. The van der Waals surface area contributed by atoms with Crippen molar-refractivity contribution >= 4 is 11.8 Å². The molecule has 0 N–H and O–H groups in total. The number of hydrogen-bond acceptors (Lipinski definition) is 8. The summed E-state index contributed by atoms with van der Waals surface area (Å²) in [6, 6.07) is 16.0. The Bertz CT molecular complexity index is 1270. The van der Waals surface area contributed by atoms with E-state index < -0.39 is 0 Å². The number of thioether (sulfide) groups is 1. The van der Waals surface area contributed by atoms with Gasteiger partial charge in [-0.25, -0.2) is 0 Å². The molecule has 1 atom stereocenters. The van der Waals surface area contributed by atoms with E-state index in [0.717, 1.165) is 34.9 Å². The molecular formula is C26H29N5O3S. The Labute approximate surface area is 209 Å². The molecule has 0 spiro atoms. The Kier molecular flexibility index (Phi) is 7.03. The van der Waals surface area contributed by atoms with Gasteiger partial charge in [0.15, 0.2) is 22.5 Å². The molecule has 8 nitrogen and oxygen atoms in total. The molecule has 1 fully saturated rings. The van der Waals surface area contributed by atoms with Crippen molar-refractivity contribution in [2.45, 2.75) is 55.5 Å². The van der Waals surface area contributed by atoms with E-state index in [0.29, 0.717) is 29.3 Å². The van der Waals surface area contributed by atoms with E-state index in [9.17, 15) is 0 Å². The summed E-state index contributed by atoms with van der Waals surface area (Å²) in [5.74, 6) is 3.29. The molecule has 5 rings (SSSR count). The van der Waals surface area contributed by atoms with Crippen LogP contribution in [0.1, 0.15) is 56.2 Å². The molecule has 0 amide bonds. The lowest BCUT2D eigenvalue weighted by Gasteiger charge is -2.26. The van der Waals surface area contributed by atoms with Gasteiger partial charge in [0.2, 0.25) is 11.8 Å². The Balaban J connectivity index is 1.46. The molecule has 0 aliphatic heterocycles. The molecule has 4 aromatic rings. The lowest BCUT2D eigenvalue weighted by atomic mass is 9.95. The summed E-state index contributed by atoms with van der Waals surface area (Å²) in [5, 5.41) is 18.6. The van der Waals surface area contributed by atoms with Crippen LogP contribution in [0.4, 0.5) is 0 Å². The Morgan fingerprint density at radius 1 is 0.886 bits per heavy atom. The molecule has 35 heavy (non-hydrogen) atoms. The Hall–Kier alpha value is -3.33. The fourth-order valence-electron chi connectivity index (χ4n) is 4.50. The molecule has 2 aromatic carbocycles. The fraction of sp³-hybridized carbons (Fsp3) is 0.385. The number of nitrogens with zero attached hydrogens (tertiary/aromatic N) is 5. The van der Waals surface area contributed by atoms with Gasteiger partial charge in [-0.1, -0.05) is 49.2 Å². The van der Waals surface area contributed by atoms with Gasteiger partial charge in [0.1, 0.15) is 0 Å². The van der Waals surface area contributed by atoms with Gasteiger partial charge in [0.25, 0.3) is 0 Å². The first-order valence-electron chi connectivity index (χ1n) is 11.9. The van der Waals surface area contributed by atoms with Gasteiger partial charge in [-0.2, -0.15) is 0 Å². The minimum absolute atomic E-state index is 0.0789. The van der Waals surface area contributed by atoms with E-state index in [1.54, 1.807) is 26.0 Å². The summed E-state index contributed by atoms with van der Waals surface area (Å²) in [6.45, 7) is 2.06. The zero-order chi connectivity index (χ0) is 24.2. The van der Waals surface area contributed by atoms with Crippen molar-refractivity contribution in [1.29, 1.82) is 0 Å². The van der Waals surface area contributed by atoms with Crippen molar-refractivity contribution in [3.63, 3.8) is 0 Å². The second kappa shape index (κ2) is 10.5. The van der Waals surface area contributed by atoms with Crippen LogP contribution in [0.3, 0.4) is 0 Å². The smallest absolute Gasteiger partial charge is 0.247 e. The van der Waals surface area contributed by atoms with Crippen molar-refractivity contribution in [1.82, 2.24) is 25.0 Å². The first kappa shape index (κ1) is 23.4. The summed E-state index contributed by atoms with van der Waals surface area (Å²) < 4.78 is 19.2. The van der Waals surface area contributed by atoms with Gasteiger partial charge < -0.3 is 13.9 Å². The summed E-state index contributed by atoms with van der Waals surface area (Å²) in [4.78, 5) is 0. The van der Waals surface area contributed by atoms with Crippen LogP contribution in [0, 0.1) is 0 Å². The second-order valence-corrected chi connectivity index (χ2v) is 9.92. The van der Waals surface area contributed by atoms with Gasteiger partial charge in [-0.3, -0.25) is 4.57 Å². The van der Waals surface area contributed by atoms with Crippen molar-refractivity contribution in [2.75, 3.05) is 14.2 Å². The van der Waals surface area contributed by atoms with Crippen LogP contribution in [-0.4, -0.2) is 39.2 Å². The molecule has 2 aromatic heterocycles. The zero-order valence-corrected chi connectivity index (χ0v) is 21.0. The van der Waals surface area contributed by atoms with Crippen LogP contribution in [0.5, 0.6) is 11.5 Å². The lowest BCUT2D eigenvalue weighted by molar-refractivity contribution is 0.338. The van der Waals surface area contributed by atoms with E-state index in [4.69, 9.17) is 13.9 Å². The minimum atomic E-state index is -0.0789. The number of benzene rings is 2. The molecule has 1 aliphatic carbocycles. The SMILES string of the molecule is COc1ccc(-c2nnc(SC(C)c3nnc(-c4ccccc4)o3)n2C2CCCCC2)cc1OC. The van der Waals surface area contributed by atoms with Crippen LogP contribution < -0.4 is 9.47 Å². The summed E-state index contributed by atoms with van der Waals surface area (Å²) in [5.41, 5.74) is 1.86. The molecule has 1 saturated carbocycles. The predicted molar refractivity (Wildman–Crippen MR) is 135 cm³/mol. The number of ether oxygens (including phenoxy) is 2. The fourth-order valence-corrected chi connectivity index (χ4v) is 5.45. The highest BCUT2D eigenvalue weighted by atomic mass is 32.2. The van der Waals surface area contributed by atoms with Gasteiger partial charge in [-0.05, 0) is 50.1 Å². The number of hydrogen-bond donors (Lipinski definition) is 0. The molecule has 1 aliphatic rings. The highest BCUT2D eigenvalue weighted by molar-refractivity contribution is 7.99. The molecular weight excluding hydrogens is 462 g/mol. The lowest BCUT2D eigenvalue weighted by Crippen LogP contribution is -2.15. The summed E-state index contributed by atoms with van der Waals surface area (Å²) in [7, 11) is 3.28. The summed E-state index contributed by atoms with van der Waals surface area (Å²) in [6.07, 6.45) is 5.90. The molecule has 1 unspecified atom stereocenters. The first-order chi connectivity index (χ1) is 17.2. The van der Waals surface area contributed by atoms with Crippen molar-refractivity contribution in [2.24, 2.45) is 0 Å². The third-order valence-corrected chi connectivity index (χ3v) is 7.38. The average molecular weight is 492 g/mol. The average Bonchev–Trinajstić information content (AvgIpc) is 3.57. The maximum Gasteiger partial charge on any atom is 0.247 e. The van der Waals surface area contributed by atoms with Crippen molar-refractivity contribution in [3.05, 3.63) is 54.4 Å². The van der Waals surface area contributed by atoms with Gasteiger partial charge in [0, 0.05) is 17.2 Å². The molecule has 2 heterocycles. The maximum atomic E-state index is 6.01. The predicted octanol–water partition coefficient (Wildman–Crippen LogP) is 6.37. The largest absolute Gasteiger partial charge is 0.493 e. The van der Waals surface area contributed by atoms with E-state index in [1.807, 2.05) is 48.5 Å². The van der Waals surface area contributed by atoms with Crippen molar-refractivity contribution in [3.8, 4) is 34.3 Å². The van der Waals surface area contributed by atoms with E-state index in [-0.39, 0.29) is 5.25 Å². The molecule has 182 valence electrons. The van der Waals surface area contributed by atoms with Crippen LogP contribution >= 0.6 is 11.8 Å². The van der Waals surface area contributed by atoms with Crippen LogP contribution in [0.15, 0.2) is 58.1 Å². The van der Waals surface area contributed by atoms with Gasteiger partial charge in [-0.15, -0.1) is 20.4 Å². The highest BCUT2D eigenvalue weighted by Gasteiger charge is 2.27. The molecule has 0 radical (unpaired) electrons. The van der Waals surface area contributed by atoms with Crippen molar-refractivity contribution < 1.29 is 13.9 Å². The van der Waals surface area contributed by atoms with Crippen LogP contribution in [0.2, 0.25) is 0 Å². The standard InChI is InChI=1S/C26H29N5O3S/c1-17(24-28-29-25(34-24)18-10-6-4-7-11-18)35-26-30-27-23(31(26)20-12-8-5-9-13-20)19-14-15-21(32-2)22(16-19)33-3/h4,6-7,10-11,14-17,20H,5,8-9,12-13H2,1-3H3. The number of aromatic nitrogens is 5. The van der Waals surface area contributed by atoms with Gasteiger partial charge in [0.05, 0.1) is 19.5 Å². The van der Waals surface area contributed by atoms with Crippen LogP contribution in [-0.2, 0) is 0 Å². The number of methoxy groups -OCH3 is 2. The quantitative estimate of drug-likeness (QED) is 0.263. The maximum absolute atomic E-state index is 6.01. The van der Waals surface area contributed by atoms with E-state index in [2.05, 4.69) is 31.9 Å². The van der Waals surface area contributed by atoms with E-state index >= 15 is 0 Å². The number of rotatable bonds is 8. The topological polar surface area (TPSA) is 88.1 Å². The monoisotopic (exact) mass is 491 g/mol. The van der Waals surface area contributed by atoms with Crippen LogP contribution in [0.25, 0.3) is 22.8 Å². The normalized spacial score (nSPS) is 15.2. The summed E-state index contributed by atoms with van der Waals surface area (Å²) >= 11 is 1.60. The minimum Gasteiger partial charge on any atom is -0.493 e. The van der Waals surface area contributed by atoms with Gasteiger partial charge >= 0.3 is 0 Å². The third kappa shape index (κ3) is 4.91. The zero-order valence-electron chi connectivity index (χ0n) is 20.2. The molecule has 0 saturated heterocycles. The Morgan fingerprint density at radius 2 is 1.66 bits per heavy atom. The second-order valence-electron chi connectivity index (χ2n) is 8.61. The highest BCUT2D eigenvalue weighted by Crippen LogP contribution is 2.41. The first-order valence-corrected chi connectivity index (χ1v) is 12.8. The molecule has 0 bridgehead atoms.